The van der Waals surface area contributed by atoms with Crippen molar-refractivity contribution in [1.29, 1.82) is 0 Å². The largest absolute Gasteiger partial charge is 0.310 e. The van der Waals surface area contributed by atoms with Crippen molar-refractivity contribution < 1.29 is 8.42 Å². The smallest absolute Gasteiger partial charge is 0.241 e. The van der Waals surface area contributed by atoms with E-state index in [1.165, 1.54) is 0 Å². The van der Waals surface area contributed by atoms with Crippen LogP contribution in [0.25, 0.3) is 0 Å². The second-order valence-electron chi connectivity index (χ2n) is 5.51. The number of rotatable bonds is 6. The summed E-state index contributed by atoms with van der Waals surface area (Å²) < 4.78 is 28.1. The molecule has 0 saturated carbocycles. The molecule has 0 fully saturated rings. The number of halogens is 1. The highest BCUT2D eigenvalue weighted by Crippen LogP contribution is 2.26. The topological polar surface area (TPSA) is 58.2 Å². The van der Waals surface area contributed by atoms with E-state index in [4.69, 9.17) is 0 Å². The second-order valence-corrected chi connectivity index (χ2v) is 8.05. The van der Waals surface area contributed by atoms with Crippen molar-refractivity contribution in [2.24, 2.45) is 0 Å². The molecule has 0 heterocycles. The summed E-state index contributed by atoms with van der Waals surface area (Å²) in [5.41, 5.74) is 1.67. The van der Waals surface area contributed by atoms with Crippen molar-refractivity contribution >= 4 is 26.0 Å². The Morgan fingerprint density at radius 2 is 1.75 bits per heavy atom. The van der Waals surface area contributed by atoms with Gasteiger partial charge in [-0.25, -0.2) is 13.1 Å². The first kappa shape index (κ1) is 17.6. The fourth-order valence-corrected chi connectivity index (χ4v) is 3.99. The zero-order chi connectivity index (χ0) is 15.5. The van der Waals surface area contributed by atoms with Gasteiger partial charge in [0.2, 0.25) is 10.0 Å². The van der Waals surface area contributed by atoms with Crippen molar-refractivity contribution in [3.8, 4) is 0 Å². The molecule has 0 spiro atoms. The highest BCUT2D eigenvalue weighted by molar-refractivity contribution is 9.10. The van der Waals surface area contributed by atoms with Crippen LogP contribution >= 0.6 is 15.9 Å². The normalized spacial score (nSPS) is 12.4. The number of benzene rings is 1. The van der Waals surface area contributed by atoms with E-state index >= 15 is 0 Å². The predicted molar refractivity (Wildman–Crippen MR) is 86.3 cm³/mol. The molecule has 1 aromatic rings. The van der Waals surface area contributed by atoms with E-state index < -0.39 is 10.0 Å². The van der Waals surface area contributed by atoms with Gasteiger partial charge in [0.15, 0.2) is 0 Å². The van der Waals surface area contributed by atoms with Crippen LogP contribution in [0.1, 0.15) is 38.8 Å². The van der Waals surface area contributed by atoms with Crippen molar-refractivity contribution in [2.75, 3.05) is 0 Å². The molecule has 0 unspecified atom stereocenters. The fraction of sp³-hybridized carbons (Fsp3) is 0.571. The van der Waals surface area contributed by atoms with Crippen molar-refractivity contribution in [2.45, 2.75) is 58.1 Å². The van der Waals surface area contributed by atoms with Crippen LogP contribution in [-0.4, -0.2) is 20.5 Å². The molecule has 6 heteroatoms. The molecule has 0 saturated heterocycles. The highest BCUT2D eigenvalue weighted by Gasteiger charge is 2.20. The molecular weight excluding hydrogens is 340 g/mol. The van der Waals surface area contributed by atoms with E-state index in [0.29, 0.717) is 17.5 Å². The molecule has 114 valence electrons. The lowest BCUT2D eigenvalue weighted by atomic mass is 10.1. The minimum atomic E-state index is -3.48. The minimum absolute atomic E-state index is 0.129. The average Bonchev–Trinajstić information content (AvgIpc) is 2.28. The quantitative estimate of drug-likeness (QED) is 0.817. The van der Waals surface area contributed by atoms with Crippen molar-refractivity contribution in [3.05, 3.63) is 27.7 Å². The molecule has 1 aromatic carbocycles. The number of hydrogen-bond acceptors (Lipinski definition) is 3. The zero-order valence-corrected chi connectivity index (χ0v) is 15.0. The summed E-state index contributed by atoms with van der Waals surface area (Å²) in [7, 11) is -3.48. The van der Waals surface area contributed by atoms with E-state index in [9.17, 15) is 8.42 Å². The Bertz CT molecular complexity index is 569. The Morgan fingerprint density at radius 3 is 2.25 bits per heavy atom. The minimum Gasteiger partial charge on any atom is -0.310 e. The summed E-state index contributed by atoms with van der Waals surface area (Å²) in [6.45, 7) is 10.2. The molecule has 2 N–H and O–H groups in total. The molecular formula is C14H23BrN2O2S. The first-order chi connectivity index (χ1) is 9.13. The number of hydrogen-bond donors (Lipinski definition) is 2. The van der Waals surface area contributed by atoms with Gasteiger partial charge in [0, 0.05) is 23.1 Å². The third-order valence-corrected chi connectivity index (χ3v) is 5.36. The molecule has 4 nitrogen and oxygen atoms in total. The van der Waals surface area contributed by atoms with Gasteiger partial charge in [-0.05, 0) is 44.0 Å². The van der Waals surface area contributed by atoms with Crippen molar-refractivity contribution in [1.82, 2.24) is 10.0 Å². The predicted octanol–water partition coefficient (Wildman–Crippen LogP) is 2.94. The van der Waals surface area contributed by atoms with Crippen LogP contribution in [0.5, 0.6) is 0 Å². The molecule has 20 heavy (non-hydrogen) atoms. The second kappa shape index (κ2) is 7.02. The average molecular weight is 363 g/mol. The van der Waals surface area contributed by atoms with Crippen LogP contribution in [0.2, 0.25) is 0 Å². The van der Waals surface area contributed by atoms with Crippen LogP contribution in [0.3, 0.4) is 0 Å². The fourth-order valence-electron chi connectivity index (χ4n) is 1.78. The summed E-state index contributed by atoms with van der Waals surface area (Å²) in [6, 6.07) is 3.92. The molecule has 0 aliphatic rings. The van der Waals surface area contributed by atoms with E-state index in [1.54, 1.807) is 13.0 Å². The molecule has 0 bridgehead atoms. The standard InChI is InChI=1S/C14H23BrN2O2S/c1-9(2)16-8-12-6-13(15)11(5)14(7-12)20(18,19)17-10(3)4/h6-7,9-10,16-17H,8H2,1-5H3. The first-order valence-corrected chi connectivity index (χ1v) is 8.96. The lowest BCUT2D eigenvalue weighted by molar-refractivity contribution is 0.568. The maximum atomic E-state index is 12.4. The monoisotopic (exact) mass is 362 g/mol. The third kappa shape index (κ3) is 4.84. The Hall–Kier alpha value is -0.430. The van der Waals surface area contributed by atoms with Gasteiger partial charge in [-0.2, -0.15) is 0 Å². The molecule has 1 rings (SSSR count). The van der Waals surface area contributed by atoms with Gasteiger partial charge in [0.1, 0.15) is 0 Å². The molecule has 0 aliphatic carbocycles. The van der Waals surface area contributed by atoms with Crippen LogP contribution in [0, 0.1) is 6.92 Å². The lowest BCUT2D eigenvalue weighted by Crippen LogP contribution is -2.31. The molecule has 0 amide bonds. The summed E-state index contributed by atoms with van der Waals surface area (Å²) >= 11 is 3.44. The Labute approximate surface area is 130 Å². The molecule has 0 radical (unpaired) electrons. The maximum absolute atomic E-state index is 12.4. The van der Waals surface area contributed by atoms with Gasteiger partial charge >= 0.3 is 0 Å². The Balaban J connectivity index is 3.19. The van der Waals surface area contributed by atoms with Crippen LogP contribution in [0.4, 0.5) is 0 Å². The zero-order valence-electron chi connectivity index (χ0n) is 12.6. The summed E-state index contributed by atoms with van der Waals surface area (Å²) in [5.74, 6) is 0. The van der Waals surface area contributed by atoms with Gasteiger partial charge in [-0.15, -0.1) is 0 Å². The van der Waals surface area contributed by atoms with Gasteiger partial charge in [0.25, 0.3) is 0 Å². The summed E-state index contributed by atoms with van der Waals surface area (Å²) in [6.07, 6.45) is 0. The summed E-state index contributed by atoms with van der Waals surface area (Å²) in [5, 5.41) is 3.29. The van der Waals surface area contributed by atoms with Gasteiger partial charge in [-0.3, -0.25) is 0 Å². The van der Waals surface area contributed by atoms with Crippen LogP contribution in [-0.2, 0) is 16.6 Å². The Morgan fingerprint density at radius 1 is 1.15 bits per heavy atom. The molecule has 0 atom stereocenters. The lowest BCUT2D eigenvalue weighted by Gasteiger charge is -2.15. The van der Waals surface area contributed by atoms with E-state index in [0.717, 1.165) is 15.6 Å². The van der Waals surface area contributed by atoms with E-state index in [2.05, 4.69) is 39.8 Å². The van der Waals surface area contributed by atoms with Crippen molar-refractivity contribution in [3.63, 3.8) is 0 Å². The van der Waals surface area contributed by atoms with E-state index in [-0.39, 0.29) is 6.04 Å². The first-order valence-electron chi connectivity index (χ1n) is 6.68. The summed E-state index contributed by atoms with van der Waals surface area (Å²) in [4.78, 5) is 0.334. The van der Waals surface area contributed by atoms with E-state index in [1.807, 2.05) is 19.9 Å². The number of nitrogens with one attached hydrogen (secondary N) is 2. The maximum Gasteiger partial charge on any atom is 0.241 e. The van der Waals surface area contributed by atoms with Crippen LogP contribution < -0.4 is 10.0 Å². The third-order valence-electron chi connectivity index (χ3n) is 2.75. The number of sulfonamides is 1. The highest BCUT2D eigenvalue weighted by atomic mass is 79.9. The van der Waals surface area contributed by atoms with Gasteiger partial charge < -0.3 is 5.32 Å². The van der Waals surface area contributed by atoms with Gasteiger partial charge in [0.05, 0.1) is 4.90 Å². The Kier molecular flexibility index (Phi) is 6.19. The van der Waals surface area contributed by atoms with Crippen LogP contribution in [0.15, 0.2) is 21.5 Å². The van der Waals surface area contributed by atoms with Gasteiger partial charge in [-0.1, -0.05) is 29.8 Å². The SMILES string of the molecule is Cc1c(Br)cc(CNC(C)C)cc1S(=O)(=O)NC(C)C. The molecule has 0 aromatic heterocycles. The molecule has 0 aliphatic heterocycles.